The van der Waals surface area contributed by atoms with Gasteiger partial charge in [-0.25, -0.2) is 4.39 Å². The maximum Gasteiger partial charge on any atom is 0.255 e. The topological polar surface area (TPSA) is 79.0 Å². The molecule has 3 N–H and O–H groups in total. The number of nitrogens with one attached hydrogen (secondary N) is 3. The Kier molecular flexibility index (Phi) is 4.42. The van der Waals surface area contributed by atoms with Crippen molar-refractivity contribution >= 4 is 17.3 Å². The van der Waals surface area contributed by atoms with Gasteiger partial charge in [-0.15, -0.1) is 0 Å². The first-order chi connectivity index (χ1) is 14.2. The highest BCUT2D eigenvalue weighted by atomic mass is 19.1. The first-order valence-electron chi connectivity index (χ1n) is 9.82. The smallest absolute Gasteiger partial charge is 0.255 e. The molecule has 7 heteroatoms. The maximum atomic E-state index is 13.7. The third kappa shape index (κ3) is 3.55. The van der Waals surface area contributed by atoms with Crippen LogP contribution in [0.1, 0.15) is 28.9 Å². The zero-order chi connectivity index (χ0) is 19.8. The van der Waals surface area contributed by atoms with Crippen molar-refractivity contribution in [2.75, 3.05) is 18.5 Å². The number of pyridine rings is 1. The second-order valence-corrected chi connectivity index (χ2v) is 7.50. The molecule has 0 unspecified atom stereocenters. The Bertz CT molecular complexity index is 1070. The van der Waals surface area contributed by atoms with Gasteiger partial charge in [-0.2, -0.15) is 0 Å². The molecule has 1 aliphatic carbocycles. The molecule has 0 bridgehead atoms. The summed E-state index contributed by atoms with van der Waals surface area (Å²) in [6.45, 7) is 1.23. The van der Waals surface area contributed by atoms with Crippen LogP contribution in [-0.4, -0.2) is 29.0 Å². The van der Waals surface area contributed by atoms with Crippen LogP contribution in [0.15, 0.2) is 42.7 Å². The number of carbonyl (C=O) groups is 1. The summed E-state index contributed by atoms with van der Waals surface area (Å²) < 4.78 is 19.8. The molecule has 1 amide bonds. The van der Waals surface area contributed by atoms with E-state index in [2.05, 4.69) is 20.6 Å². The van der Waals surface area contributed by atoms with Crippen LogP contribution in [0.2, 0.25) is 0 Å². The van der Waals surface area contributed by atoms with E-state index in [0.717, 1.165) is 17.0 Å². The third-order valence-corrected chi connectivity index (χ3v) is 5.28. The van der Waals surface area contributed by atoms with Crippen molar-refractivity contribution in [1.82, 2.24) is 15.3 Å². The second kappa shape index (κ2) is 7.24. The van der Waals surface area contributed by atoms with Crippen molar-refractivity contribution in [3.05, 3.63) is 59.8 Å². The van der Waals surface area contributed by atoms with E-state index in [0.29, 0.717) is 48.2 Å². The maximum absolute atomic E-state index is 13.7. The van der Waals surface area contributed by atoms with E-state index in [1.54, 1.807) is 24.5 Å². The molecule has 3 aromatic rings. The number of ether oxygens (including phenoxy) is 1. The van der Waals surface area contributed by atoms with Crippen LogP contribution in [-0.2, 0) is 6.42 Å². The fourth-order valence-corrected chi connectivity index (χ4v) is 3.61. The summed E-state index contributed by atoms with van der Waals surface area (Å²) in [5.41, 5.74) is 4.16. The summed E-state index contributed by atoms with van der Waals surface area (Å²) in [5.74, 6) is 0.779. The van der Waals surface area contributed by atoms with E-state index < -0.39 is 0 Å². The average Bonchev–Trinajstić information content (AvgIpc) is 3.48. The number of benzene rings is 1. The van der Waals surface area contributed by atoms with Gasteiger partial charge in [0, 0.05) is 36.1 Å². The Morgan fingerprint density at radius 3 is 3.00 bits per heavy atom. The number of hydrogen-bond donors (Lipinski definition) is 3. The standard InChI is InChI=1S/C22H21FN4O2/c23-14-2-1-3-15(10-14)26-21-19-17(7-9-25-22(19)28)27-20(21)16-6-8-24-11-18(16)29-12-13-4-5-13/h1-3,6,8,10-11,13,26-27H,4-5,7,9,12H2,(H,25,28). The summed E-state index contributed by atoms with van der Waals surface area (Å²) >= 11 is 0. The molecule has 0 spiro atoms. The number of aromatic nitrogens is 2. The highest BCUT2D eigenvalue weighted by Gasteiger charge is 2.29. The van der Waals surface area contributed by atoms with Crippen LogP contribution in [0.4, 0.5) is 15.8 Å². The fourth-order valence-electron chi connectivity index (χ4n) is 3.61. The van der Waals surface area contributed by atoms with Crippen LogP contribution in [0, 0.1) is 11.7 Å². The van der Waals surface area contributed by atoms with Gasteiger partial charge in [-0.05, 0) is 43.0 Å². The Morgan fingerprint density at radius 2 is 2.17 bits per heavy atom. The number of hydrogen-bond acceptors (Lipinski definition) is 4. The molecule has 1 aromatic carbocycles. The van der Waals surface area contributed by atoms with Crippen molar-refractivity contribution in [3.8, 4) is 17.0 Å². The Balaban J connectivity index is 1.60. The predicted octanol–water partition coefficient (Wildman–Crippen LogP) is 4.03. The lowest BCUT2D eigenvalue weighted by molar-refractivity contribution is 0.0947. The molecular weight excluding hydrogens is 371 g/mol. The molecule has 1 aliphatic heterocycles. The number of carbonyl (C=O) groups excluding carboxylic acids is 1. The number of rotatable bonds is 6. The lowest BCUT2D eigenvalue weighted by Gasteiger charge is -2.15. The fraction of sp³-hybridized carbons (Fsp3) is 0.273. The largest absolute Gasteiger partial charge is 0.491 e. The summed E-state index contributed by atoms with van der Waals surface area (Å²) in [4.78, 5) is 20.2. The van der Waals surface area contributed by atoms with Crippen LogP contribution >= 0.6 is 0 Å². The van der Waals surface area contributed by atoms with Gasteiger partial charge in [0.15, 0.2) is 0 Å². The first kappa shape index (κ1) is 17.7. The van der Waals surface area contributed by atoms with Crippen molar-refractivity contribution in [3.63, 3.8) is 0 Å². The van der Waals surface area contributed by atoms with E-state index in [4.69, 9.17) is 4.74 Å². The van der Waals surface area contributed by atoms with Gasteiger partial charge in [-0.3, -0.25) is 9.78 Å². The summed E-state index contributed by atoms with van der Waals surface area (Å²) in [7, 11) is 0. The molecule has 3 heterocycles. The predicted molar refractivity (Wildman–Crippen MR) is 108 cm³/mol. The lowest BCUT2D eigenvalue weighted by atomic mass is 10.0. The number of H-pyrrole nitrogens is 1. The zero-order valence-electron chi connectivity index (χ0n) is 15.8. The molecule has 0 radical (unpaired) electrons. The SMILES string of the molecule is O=C1NCCc2[nH]c(-c3ccncc3OCC3CC3)c(Nc3cccc(F)c3)c21. The molecule has 6 nitrogen and oxygen atoms in total. The van der Waals surface area contributed by atoms with E-state index in [1.807, 2.05) is 6.07 Å². The highest BCUT2D eigenvalue weighted by Crippen LogP contribution is 2.40. The minimum absolute atomic E-state index is 0.151. The lowest BCUT2D eigenvalue weighted by Crippen LogP contribution is -2.31. The van der Waals surface area contributed by atoms with E-state index in [1.165, 1.54) is 25.0 Å². The molecule has 0 atom stereocenters. The number of amides is 1. The van der Waals surface area contributed by atoms with Crippen molar-refractivity contribution in [2.45, 2.75) is 19.3 Å². The van der Waals surface area contributed by atoms with Crippen LogP contribution in [0.3, 0.4) is 0 Å². The van der Waals surface area contributed by atoms with E-state index in [9.17, 15) is 9.18 Å². The van der Waals surface area contributed by atoms with Crippen LogP contribution < -0.4 is 15.4 Å². The highest BCUT2D eigenvalue weighted by molar-refractivity contribution is 6.06. The minimum Gasteiger partial charge on any atom is -0.491 e. The van der Waals surface area contributed by atoms with Gasteiger partial charge in [0.25, 0.3) is 5.91 Å². The third-order valence-electron chi connectivity index (χ3n) is 5.28. The summed E-state index contributed by atoms with van der Waals surface area (Å²) in [6, 6.07) is 8.06. The van der Waals surface area contributed by atoms with E-state index in [-0.39, 0.29) is 11.7 Å². The molecule has 0 saturated heterocycles. The van der Waals surface area contributed by atoms with Crippen molar-refractivity contribution in [2.24, 2.45) is 5.92 Å². The zero-order valence-corrected chi connectivity index (χ0v) is 15.8. The molecule has 29 heavy (non-hydrogen) atoms. The van der Waals surface area contributed by atoms with Crippen LogP contribution in [0.5, 0.6) is 5.75 Å². The number of nitrogens with zero attached hydrogens (tertiary/aromatic N) is 1. The molecule has 2 aromatic heterocycles. The van der Waals surface area contributed by atoms with Gasteiger partial charge >= 0.3 is 0 Å². The molecular formula is C22H21FN4O2. The Morgan fingerprint density at radius 1 is 1.28 bits per heavy atom. The average molecular weight is 392 g/mol. The molecule has 148 valence electrons. The van der Waals surface area contributed by atoms with Crippen molar-refractivity contribution in [1.29, 1.82) is 0 Å². The van der Waals surface area contributed by atoms with Gasteiger partial charge in [0.2, 0.25) is 0 Å². The monoisotopic (exact) mass is 392 g/mol. The molecule has 2 aliphatic rings. The summed E-state index contributed by atoms with van der Waals surface area (Å²) in [5, 5.41) is 6.13. The first-order valence-corrected chi connectivity index (χ1v) is 9.82. The van der Waals surface area contributed by atoms with Crippen LogP contribution in [0.25, 0.3) is 11.3 Å². The number of fused-ring (bicyclic) bond motifs is 1. The minimum atomic E-state index is -0.345. The van der Waals surface area contributed by atoms with Gasteiger partial charge in [0.1, 0.15) is 11.6 Å². The number of anilines is 2. The number of halogens is 1. The van der Waals surface area contributed by atoms with Crippen molar-refractivity contribution < 1.29 is 13.9 Å². The number of aromatic amines is 1. The van der Waals surface area contributed by atoms with Gasteiger partial charge in [0.05, 0.1) is 29.7 Å². The second-order valence-electron chi connectivity index (χ2n) is 7.50. The molecule has 1 fully saturated rings. The Hall–Kier alpha value is -3.35. The Labute approximate surface area is 167 Å². The van der Waals surface area contributed by atoms with Gasteiger partial charge < -0.3 is 20.4 Å². The summed E-state index contributed by atoms with van der Waals surface area (Å²) in [6.07, 6.45) is 6.48. The molecule has 1 saturated carbocycles. The quantitative estimate of drug-likeness (QED) is 0.592. The van der Waals surface area contributed by atoms with E-state index >= 15 is 0 Å². The molecule has 5 rings (SSSR count). The normalized spacial score (nSPS) is 15.6. The van der Waals surface area contributed by atoms with Gasteiger partial charge in [-0.1, -0.05) is 6.07 Å².